The Bertz CT molecular complexity index is 914. The van der Waals surface area contributed by atoms with Crippen molar-refractivity contribution in [3.63, 3.8) is 0 Å². The Morgan fingerprint density at radius 1 is 1.03 bits per heavy atom. The van der Waals surface area contributed by atoms with E-state index in [9.17, 15) is 9.59 Å². The van der Waals surface area contributed by atoms with Crippen molar-refractivity contribution in [2.75, 3.05) is 44.2 Å². The van der Waals surface area contributed by atoms with Gasteiger partial charge >= 0.3 is 0 Å². The zero-order valence-corrected chi connectivity index (χ0v) is 19.5. The number of carbonyl (C=O) groups is 2. The zero-order valence-electron chi connectivity index (χ0n) is 18.7. The van der Waals surface area contributed by atoms with E-state index in [0.717, 1.165) is 68.1 Å². The standard InChI is InChI=1S/C23H32N4O3.ClH/c1-17-14-18-19(30-17)6-7-24-22(18)26-12-10-25(11-13-26)8-4-5-9-27-20(28)15-23(2,3)16-21(27)29;/h6-7,14H,4-5,8-13,15-16H2,1-3H3;1H. The number of piperazine rings is 1. The van der Waals surface area contributed by atoms with Crippen molar-refractivity contribution < 1.29 is 14.0 Å². The zero-order chi connectivity index (χ0) is 21.3. The van der Waals surface area contributed by atoms with Gasteiger partial charge in [-0.25, -0.2) is 4.98 Å². The summed E-state index contributed by atoms with van der Waals surface area (Å²) in [5.74, 6) is 1.89. The number of halogens is 1. The summed E-state index contributed by atoms with van der Waals surface area (Å²) in [5.41, 5.74) is 0.698. The van der Waals surface area contributed by atoms with Crippen LogP contribution in [0.1, 0.15) is 45.3 Å². The second kappa shape index (κ2) is 9.57. The Balaban J connectivity index is 0.00000272. The van der Waals surface area contributed by atoms with Crippen molar-refractivity contribution in [1.29, 1.82) is 0 Å². The fraction of sp³-hybridized carbons (Fsp3) is 0.609. The molecule has 31 heavy (non-hydrogen) atoms. The van der Waals surface area contributed by atoms with Crippen molar-refractivity contribution in [2.24, 2.45) is 5.41 Å². The maximum Gasteiger partial charge on any atom is 0.229 e. The van der Waals surface area contributed by atoms with Crippen molar-refractivity contribution in [1.82, 2.24) is 14.8 Å². The van der Waals surface area contributed by atoms with E-state index in [2.05, 4.69) is 20.9 Å². The summed E-state index contributed by atoms with van der Waals surface area (Å²) in [5, 5.41) is 1.09. The topological polar surface area (TPSA) is 69.9 Å². The lowest BCUT2D eigenvalue weighted by Crippen LogP contribution is -2.47. The highest BCUT2D eigenvalue weighted by Gasteiger charge is 2.36. The quantitative estimate of drug-likeness (QED) is 0.496. The minimum atomic E-state index is -0.196. The van der Waals surface area contributed by atoms with E-state index in [-0.39, 0.29) is 29.6 Å². The van der Waals surface area contributed by atoms with Crippen LogP contribution in [-0.2, 0) is 9.59 Å². The number of imide groups is 1. The largest absolute Gasteiger partial charge is 0.461 e. The first-order chi connectivity index (χ1) is 14.3. The van der Waals surface area contributed by atoms with E-state index in [4.69, 9.17) is 4.42 Å². The molecule has 0 unspecified atom stereocenters. The maximum atomic E-state index is 12.3. The van der Waals surface area contributed by atoms with Crippen LogP contribution in [0.4, 0.5) is 5.82 Å². The molecule has 0 spiro atoms. The molecule has 0 aliphatic carbocycles. The van der Waals surface area contributed by atoms with Crippen molar-refractivity contribution in [2.45, 2.75) is 46.5 Å². The molecular formula is C23H33ClN4O3. The summed E-state index contributed by atoms with van der Waals surface area (Å²) in [6.07, 6.45) is 4.62. The second-order valence-corrected chi connectivity index (χ2v) is 9.40. The lowest BCUT2D eigenvalue weighted by Gasteiger charge is -2.36. The van der Waals surface area contributed by atoms with Gasteiger partial charge in [0.25, 0.3) is 0 Å². The lowest BCUT2D eigenvalue weighted by molar-refractivity contribution is -0.152. The van der Waals surface area contributed by atoms with Crippen LogP contribution in [0, 0.1) is 12.3 Å². The van der Waals surface area contributed by atoms with Gasteiger partial charge in [0.05, 0.1) is 5.39 Å². The first-order valence-corrected chi connectivity index (χ1v) is 11.0. The molecule has 8 heteroatoms. The Labute approximate surface area is 190 Å². The number of aryl methyl sites for hydroxylation is 1. The third kappa shape index (κ3) is 5.39. The maximum absolute atomic E-state index is 12.3. The van der Waals surface area contributed by atoms with Gasteiger partial charge in [0.15, 0.2) is 0 Å². The molecule has 2 aromatic rings. The van der Waals surface area contributed by atoms with Gasteiger partial charge in [0.1, 0.15) is 17.2 Å². The van der Waals surface area contributed by atoms with E-state index in [1.165, 1.54) is 4.90 Å². The molecule has 2 aliphatic rings. The van der Waals surface area contributed by atoms with Gasteiger partial charge in [-0.3, -0.25) is 19.4 Å². The predicted molar refractivity (Wildman–Crippen MR) is 124 cm³/mol. The van der Waals surface area contributed by atoms with E-state index >= 15 is 0 Å². The van der Waals surface area contributed by atoms with E-state index in [0.29, 0.717) is 19.4 Å². The summed E-state index contributed by atoms with van der Waals surface area (Å²) >= 11 is 0. The van der Waals surface area contributed by atoms with Crippen LogP contribution < -0.4 is 4.90 Å². The van der Waals surface area contributed by atoms with Gasteiger partial charge in [0, 0.05) is 51.8 Å². The Hall–Kier alpha value is -2.12. The molecule has 4 heterocycles. The number of hydrogen-bond acceptors (Lipinski definition) is 6. The molecule has 0 atom stereocenters. The molecule has 0 N–H and O–H groups in total. The Kier molecular flexibility index (Phi) is 7.27. The number of hydrogen-bond donors (Lipinski definition) is 0. The van der Waals surface area contributed by atoms with Gasteiger partial charge < -0.3 is 9.32 Å². The fourth-order valence-electron chi connectivity index (χ4n) is 4.58. The van der Waals surface area contributed by atoms with Crippen molar-refractivity contribution in [3.8, 4) is 0 Å². The monoisotopic (exact) mass is 448 g/mol. The first-order valence-electron chi connectivity index (χ1n) is 11.0. The number of piperidine rings is 1. The van der Waals surface area contributed by atoms with Crippen LogP contribution >= 0.6 is 12.4 Å². The number of amides is 2. The van der Waals surface area contributed by atoms with Crippen LogP contribution in [0.25, 0.3) is 11.0 Å². The normalized spacial score (nSPS) is 19.7. The van der Waals surface area contributed by atoms with E-state index < -0.39 is 0 Å². The van der Waals surface area contributed by atoms with Gasteiger partial charge in [-0.05, 0) is 43.9 Å². The van der Waals surface area contributed by atoms with E-state index in [1.54, 1.807) is 0 Å². The number of rotatable bonds is 6. The molecule has 2 aliphatic heterocycles. The van der Waals surface area contributed by atoms with Crippen molar-refractivity contribution in [3.05, 3.63) is 24.1 Å². The predicted octanol–water partition coefficient (Wildman–Crippen LogP) is 3.64. The first kappa shape index (κ1) is 23.5. The molecule has 7 nitrogen and oxygen atoms in total. The molecule has 2 saturated heterocycles. The van der Waals surface area contributed by atoms with Gasteiger partial charge in [0.2, 0.25) is 11.8 Å². The second-order valence-electron chi connectivity index (χ2n) is 9.40. The minimum absolute atomic E-state index is 0. The van der Waals surface area contributed by atoms with Gasteiger partial charge in [-0.1, -0.05) is 13.8 Å². The number of unbranched alkanes of at least 4 members (excludes halogenated alkanes) is 1. The molecule has 0 radical (unpaired) electrons. The molecule has 2 fully saturated rings. The molecule has 0 bridgehead atoms. The average molecular weight is 449 g/mol. The van der Waals surface area contributed by atoms with Crippen LogP contribution in [0.5, 0.6) is 0 Å². The Morgan fingerprint density at radius 3 is 2.35 bits per heavy atom. The molecule has 4 rings (SSSR count). The number of pyridine rings is 1. The Morgan fingerprint density at radius 2 is 1.68 bits per heavy atom. The molecule has 0 aromatic carbocycles. The molecule has 2 aromatic heterocycles. The summed E-state index contributed by atoms with van der Waals surface area (Å²) < 4.78 is 5.73. The third-order valence-electron chi connectivity index (χ3n) is 6.19. The summed E-state index contributed by atoms with van der Waals surface area (Å²) in [4.78, 5) is 35.4. The van der Waals surface area contributed by atoms with Crippen LogP contribution in [-0.4, -0.2) is 65.9 Å². The van der Waals surface area contributed by atoms with Gasteiger partial charge in [-0.15, -0.1) is 12.4 Å². The molecular weight excluding hydrogens is 416 g/mol. The molecule has 2 amide bonds. The molecule has 0 saturated carbocycles. The highest BCUT2D eigenvalue weighted by Crippen LogP contribution is 2.31. The highest BCUT2D eigenvalue weighted by atomic mass is 35.5. The molecule has 170 valence electrons. The summed E-state index contributed by atoms with van der Waals surface area (Å²) in [7, 11) is 0. The van der Waals surface area contributed by atoms with Gasteiger partial charge in [-0.2, -0.15) is 0 Å². The van der Waals surface area contributed by atoms with Crippen LogP contribution in [0.15, 0.2) is 22.7 Å². The van der Waals surface area contributed by atoms with Crippen LogP contribution in [0.3, 0.4) is 0 Å². The smallest absolute Gasteiger partial charge is 0.229 e. The number of aromatic nitrogens is 1. The third-order valence-corrected chi connectivity index (χ3v) is 6.19. The number of likely N-dealkylation sites (tertiary alicyclic amines) is 1. The SMILES string of the molecule is Cc1cc2c(N3CCN(CCCCN4C(=O)CC(C)(C)CC4=O)CC3)nccc2o1.Cl. The van der Waals surface area contributed by atoms with E-state index in [1.807, 2.05) is 33.0 Å². The fourth-order valence-corrected chi connectivity index (χ4v) is 4.58. The summed E-state index contributed by atoms with van der Waals surface area (Å²) in [6, 6.07) is 3.98. The number of anilines is 1. The minimum Gasteiger partial charge on any atom is -0.461 e. The summed E-state index contributed by atoms with van der Waals surface area (Å²) in [6.45, 7) is 11.4. The number of furan rings is 1. The number of fused-ring (bicyclic) bond motifs is 1. The number of carbonyl (C=O) groups excluding carboxylic acids is 2. The van der Waals surface area contributed by atoms with Crippen molar-refractivity contribution >= 4 is 41.0 Å². The highest BCUT2D eigenvalue weighted by molar-refractivity contribution is 5.98. The number of nitrogens with zero attached hydrogens (tertiary/aromatic N) is 4. The average Bonchev–Trinajstić information content (AvgIpc) is 3.06. The van der Waals surface area contributed by atoms with Crippen LogP contribution in [0.2, 0.25) is 0 Å². The lowest BCUT2D eigenvalue weighted by atomic mass is 9.82.